The third kappa shape index (κ3) is 7.48. The molecule has 0 rings (SSSR count). The summed E-state index contributed by atoms with van der Waals surface area (Å²) in [5.74, 6) is -0.166. The van der Waals surface area contributed by atoms with Crippen LogP contribution in [0, 0.1) is 10.8 Å². The van der Waals surface area contributed by atoms with Gasteiger partial charge < -0.3 is 15.7 Å². The van der Waals surface area contributed by atoms with Gasteiger partial charge in [-0.05, 0) is 11.8 Å². The molecule has 0 bridgehead atoms. The van der Waals surface area contributed by atoms with Crippen molar-refractivity contribution in [2.75, 3.05) is 13.2 Å². The Kier molecular flexibility index (Phi) is 7.20. The second-order valence-electron chi connectivity index (χ2n) is 7.25. The molecule has 0 radical (unpaired) electrons. The Labute approximate surface area is 122 Å². The number of hydrogen-bond donors (Lipinski definition) is 3. The average molecular weight is 286 g/mol. The van der Waals surface area contributed by atoms with Crippen LogP contribution in [-0.2, 0) is 9.59 Å². The first-order chi connectivity index (χ1) is 8.98. The molecule has 0 aromatic rings. The van der Waals surface area contributed by atoms with E-state index in [1.807, 2.05) is 41.5 Å². The van der Waals surface area contributed by atoms with E-state index < -0.39 is 5.41 Å². The molecule has 0 aliphatic carbocycles. The summed E-state index contributed by atoms with van der Waals surface area (Å²) < 4.78 is 0. The van der Waals surface area contributed by atoms with Crippen LogP contribution in [0.25, 0.3) is 0 Å². The minimum atomic E-state index is -0.443. The number of carbonyl (C=O) groups excluding carboxylic acids is 2. The summed E-state index contributed by atoms with van der Waals surface area (Å²) in [6, 6.07) is -0.0710. The molecule has 1 unspecified atom stereocenters. The van der Waals surface area contributed by atoms with E-state index in [2.05, 4.69) is 10.6 Å². The zero-order valence-corrected chi connectivity index (χ0v) is 13.7. The minimum Gasteiger partial charge on any atom is -0.396 e. The van der Waals surface area contributed by atoms with E-state index in [9.17, 15) is 9.59 Å². The molecule has 0 aromatic carbocycles. The van der Waals surface area contributed by atoms with Crippen LogP contribution in [0.3, 0.4) is 0 Å². The summed E-state index contributed by atoms with van der Waals surface area (Å²) >= 11 is 0. The lowest BCUT2D eigenvalue weighted by Gasteiger charge is -2.31. The maximum absolute atomic E-state index is 11.9. The largest absolute Gasteiger partial charge is 0.396 e. The van der Waals surface area contributed by atoms with E-state index in [1.165, 1.54) is 0 Å². The van der Waals surface area contributed by atoms with Crippen molar-refractivity contribution in [1.29, 1.82) is 0 Å². The third-order valence-corrected chi connectivity index (χ3v) is 3.12. The molecule has 2 amide bonds. The Morgan fingerprint density at radius 3 is 2.05 bits per heavy atom. The highest BCUT2D eigenvalue weighted by atomic mass is 16.3. The highest BCUT2D eigenvalue weighted by molar-refractivity contribution is 5.82. The number of carbonyl (C=O) groups is 2. The number of aliphatic hydroxyl groups is 1. The van der Waals surface area contributed by atoms with Crippen LogP contribution in [0.5, 0.6) is 0 Å². The summed E-state index contributed by atoms with van der Waals surface area (Å²) in [6.07, 6.45) is 0.781. The molecule has 5 heteroatoms. The van der Waals surface area contributed by atoms with Gasteiger partial charge in [-0.1, -0.05) is 41.5 Å². The molecule has 3 N–H and O–H groups in total. The van der Waals surface area contributed by atoms with E-state index in [1.54, 1.807) is 0 Å². The maximum Gasteiger partial charge on any atom is 0.225 e. The van der Waals surface area contributed by atoms with E-state index in [-0.39, 0.29) is 36.3 Å². The van der Waals surface area contributed by atoms with E-state index in [4.69, 9.17) is 5.11 Å². The SMILES string of the molecule is CC(C)(C)C(=O)NCCC(=O)NC(CCO)C(C)(C)C. The maximum atomic E-state index is 11.9. The average Bonchev–Trinajstić information content (AvgIpc) is 2.25. The van der Waals surface area contributed by atoms with Crippen LogP contribution in [0.1, 0.15) is 54.4 Å². The number of aliphatic hydroxyl groups excluding tert-OH is 1. The molecule has 0 aliphatic heterocycles. The first kappa shape index (κ1) is 18.9. The molecule has 5 nitrogen and oxygen atoms in total. The van der Waals surface area contributed by atoms with Crippen LogP contribution < -0.4 is 10.6 Å². The normalized spacial score (nSPS) is 13.8. The summed E-state index contributed by atoms with van der Waals surface area (Å²) in [5.41, 5.74) is -0.547. The standard InChI is InChI=1S/C15H30N2O3/c1-14(2,3)11(8-10-18)17-12(19)7-9-16-13(20)15(4,5)6/h11,18H,7-10H2,1-6H3,(H,16,20)(H,17,19). The monoisotopic (exact) mass is 286 g/mol. The zero-order chi connectivity index (χ0) is 16.0. The molecule has 1 atom stereocenters. The van der Waals surface area contributed by atoms with Crippen LogP contribution in [0.4, 0.5) is 0 Å². The molecular formula is C15H30N2O3. The molecule has 0 saturated heterocycles. The Morgan fingerprint density at radius 1 is 1.10 bits per heavy atom. The summed E-state index contributed by atoms with van der Waals surface area (Å²) in [7, 11) is 0. The minimum absolute atomic E-state index is 0.0446. The number of nitrogens with one attached hydrogen (secondary N) is 2. The summed E-state index contributed by atoms with van der Waals surface area (Å²) in [6.45, 7) is 11.9. The lowest BCUT2D eigenvalue weighted by molar-refractivity contribution is -0.128. The summed E-state index contributed by atoms with van der Waals surface area (Å²) in [4.78, 5) is 23.5. The van der Waals surface area contributed by atoms with Crippen molar-refractivity contribution in [3.05, 3.63) is 0 Å². The van der Waals surface area contributed by atoms with Crippen LogP contribution >= 0.6 is 0 Å². The Hall–Kier alpha value is -1.10. The lowest BCUT2D eigenvalue weighted by Crippen LogP contribution is -2.45. The van der Waals surface area contributed by atoms with E-state index in [0.717, 1.165) is 0 Å². The van der Waals surface area contributed by atoms with Gasteiger partial charge in [-0.15, -0.1) is 0 Å². The van der Waals surface area contributed by atoms with Gasteiger partial charge in [0.05, 0.1) is 0 Å². The van der Waals surface area contributed by atoms with Crippen molar-refractivity contribution in [3.8, 4) is 0 Å². The Morgan fingerprint density at radius 2 is 1.65 bits per heavy atom. The van der Waals surface area contributed by atoms with Crippen molar-refractivity contribution in [1.82, 2.24) is 10.6 Å². The molecule has 0 saturated carbocycles. The van der Waals surface area contributed by atoms with Gasteiger partial charge in [0.15, 0.2) is 0 Å². The van der Waals surface area contributed by atoms with Gasteiger partial charge in [-0.2, -0.15) is 0 Å². The smallest absolute Gasteiger partial charge is 0.225 e. The van der Waals surface area contributed by atoms with Gasteiger partial charge in [0.2, 0.25) is 11.8 Å². The van der Waals surface area contributed by atoms with Crippen molar-refractivity contribution in [3.63, 3.8) is 0 Å². The van der Waals surface area contributed by atoms with E-state index in [0.29, 0.717) is 13.0 Å². The fraction of sp³-hybridized carbons (Fsp3) is 0.867. The third-order valence-electron chi connectivity index (χ3n) is 3.12. The number of hydrogen-bond acceptors (Lipinski definition) is 3. The van der Waals surface area contributed by atoms with Gasteiger partial charge in [0.1, 0.15) is 0 Å². The van der Waals surface area contributed by atoms with Gasteiger partial charge in [0, 0.05) is 31.0 Å². The van der Waals surface area contributed by atoms with Crippen molar-refractivity contribution in [2.24, 2.45) is 10.8 Å². The Bertz CT molecular complexity index is 327. The predicted molar refractivity (Wildman–Crippen MR) is 80.2 cm³/mol. The quantitative estimate of drug-likeness (QED) is 0.691. The van der Waals surface area contributed by atoms with Crippen LogP contribution in [0.2, 0.25) is 0 Å². The fourth-order valence-electron chi connectivity index (χ4n) is 1.67. The summed E-state index contributed by atoms with van der Waals surface area (Å²) in [5, 5.41) is 14.7. The van der Waals surface area contributed by atoms with Gasteiger partial charge in [-0.25, -0.2) is 0 Å². The number of amides is 2. The molecule has 0 heterocycles. The van der Waals surface area contributed by atoms with Crippen molar-refractivity contribution < 1.29 is 14.7 Å². The fourth-order valence-corrected chi connectivity index (χ4v) is 1.67. The Balaban J connectivity index is 4.19. The zero-order valence-electron chi connectivity index (χ0n) is 13.7. The van der Waals surface area contributed by atoms with Crippen molar-refractivity contribution >= 4 is 11.8 Å². The first-order valence-electron chi connectivity index (χ1n) is 7.17. The molecule has 20 heavy (non-hydrogen) atoms. The highest BCUT2D eigenvalue weighted by Crippen LogP contribution is 2.21. The second kappa shape index (κ2) is 7.62. The molecule has 0 aromatic heterocycles. The predicted octanol–water partition coefficient (Wildman–Crippen LogP) is 1.45. The van der Waals surface area contributed by atoms with Crippen molar-refractivity contribution in [2.45, 2.75) is 60.4 Å². The topological polar surface area (TPSA) is 78.4 Å². The van der Waals surface area contributed by atoms with E-state index >= 15 is 0 Å². The molecule has 0 fully saturated rings. The number of rotatable bonds is 6. The highest BCUT2D eigenvalue weighted by Gasteiger charge is 2.26. The second-order valence-corrected chi connectivity index (χ2v) is 7.25. The van der Waals surface area contributed by atoms with Crippen LogP contribution in [0.15, 0.2) is 0 Å². The first-order valence-corrected chi connectivity index (χ1v) is 7.17. The lowest BCUT2D eigenvalue weighted by atomic mass is 9.85. The molecular weight excluding hydrogens is 256 g/mol. The molecule has 0 aliphatic rings. The van der Waals surface area contributed by atoms with Gasteiger partial charge >= 0.3 is 0 Å². The van der Waals surface area contributed by atoms with Gasteiger partial charge in [-0.3, -0.25) is 9.59 Å². The van der Waals surface area contributed by atoms with Gasteiger partial charge in [0.25, 0.3) is 0 Å². The molecule has 0 spiro atoms. The van der Waals surface area contributed by atoms with Crippen LogP contribution in [-0.4, -0.2) is 36.1 Å². The molecule has 118 valence electrons.